The number of piperazine rings is 1. The largest absolute Gasteiger partial charge is 0.478 e. The van der Waals surface area contributed by atoms with Crippen LogP contribution in [0.25, 0.3) is 32.5 Å². The van der Waals surface area contributed by atoms with Gasteiger partial charge in [0, 0.05) is 61.4 Å². The van der Waals surface area contributed by atoms with Gasteiger partial charge in [-0.3, -0.25) is 14.8 Å². The number of pyridine rings is 2. The number of fused-ring (bicyclic) bond motifs is 1. The number of hydrogen-bond acceptors (Lipinski definition) is 8. The van der Waals surface area contributed by atoms with E-state index in [9.17, 15) is 9.59 Å². The van der Waals surface area contributed by atoms with E-state index in [1.807, 2.05) is 53.4 Å². The minimum Gasteiger partial charge on any atom is -0.478 e. The molecule has 6 aromatic rings. The standard InChI is InChI=1S/C24H23N5OS.C12H9NO2/c1-2-20-15-21-22(26-16-27-23(21)31-20)28-11-13-29(14-12-28)24(30)19-5-3-17(4-6-19)18-7-9-25-10-8-18;14-12(15)11-3-1-9(2-4-11)10-5-7-13-8-6-10/h3-10,15-16H,2,11-14H2,1H3;1-8H,(H,14,15). The Morgan fingerprint density at radius 1 is 0.717 bits per heavy atom. The van der Waals surface area contributed by atoms with Crippen LogP contribution in [0.3, 0.4) is 0 Å². The Labute approximate surface area is 270 Å². The van der Waals surface area contributed by atoms with Gasteiger partial charge in [-0.05, 0) is 83.3 Å². The van der Waals surface area contributed by atoms with Crippen molar-refractivity contribution in [3.05, 3.63) is 126 Å². The number of aromatic nitrogens is 4. The highest BCUT2D eigenvalue weighted by Crippen LogP contribution is 2.31. The molecule has 1 aliphatic heterocycles. The second kappa shape index (κ2) is 14.1. The van der Waals surface area contributed by atoms with Crippen molar-refractivity contribution in [3.63, 3.8) is 0 Å². The monoisotopic (exact) mass is 628 g/mol. The van der Waals surface area contributed by atoms with Crippen LogP contribution in [0.5, 0.6) is 0 Å². The summed E-state index contributed by atoms with van der Waals surface area (Å²) < 4.78 is 0. The molecular formula is C36H32N6O3S. The summed E-state index contributed by atoms with van der Waals surface area (Å²) in [7, 11) is 0. The molecule has 1 saturated heterocycles. The van der Waals surface area contributed by atoms with E-state index in [4.69, 9.17) is 5.11 Å². The molecule has 0 saturated carbocycles. The molecule has 2 aromatic carbocycles. The third kappa shape index (κ3) is 6.92. The van der Waals surface area contributed by atoms with E-state index in [1.165, 1.54) is 4.88 Å². The topological polar surface area (TPSA) is 112 Å². The zero-order valence-electron chi connectivity index (χ0n) is 25.3. The summed E-state index contributed by atoms with van der Waals surface area (Å²) >= 11 is 1.73. The predicted octanol–water partition coefficient (Wildman–Crippen LogP) is 6.72. The first-order valence-corrected chi connectivity index (χ1v) is 15.8. The first kappa shape index (κ1) is 30.5. The Bertz CT molecular complexity index is 1920. The molecule has 0 atom stereocenters. The summed E-state index contributed by atoms with van der Waals surface area (Å²) in [4.78, 5) is 47.2. The van der Waals surface area contributed by atoms with Crippen molar-refractivity contribution in [1.82, 2.24) is 24.8 Å². The molecule has 9 nitrogen and oxygen atoms in total. The summed E-state index contributed by atoms with van der Waals surface area (Å²) in [6.07, 6.45) is 9.62. The number of anilines is 1. The van der Waals surface area contributed by atoms with Gasteiger partial charge in [-0.15, -0.1) is 11.3 Å². The second-order valence-electron chi connectivity index (χ2n) is 10.7. The van der Waals surface area contributed by atoms with E-state index in [0.29, 0.717) is 18.7 Å². The van der Waals surface area contributed by atoms with E-state index < -0.39 is 5.97 Å². The van der Waals surface area contributed by atoms with Gasteiger partial charge in [-0.2, -0.15) is 0 Å². The average molecular weight is 629 g/mol. The van der Waals surface area contributed by atoms with E-state index >= 15 is 0 Å². The lowest BCUT2D eigenvalue weighted by atomic mass is 10.0. The van der Waals surface area contributed by atoms with Crippen molar-refractivity contribution in [1.29, 1.82) is 0 Å². The Morgan fingerprint density at radius 3 is 1.76 bits per heavy atom. The summed E-state index contributed by atoms with van der Waals surface area (Å²) in [5.41, 5.74) is 5.22. The number of carbonyl (C=O) groups excluding carboxylic acids is 1. The molecule has 1 fully saturated rings. The van der Waals surface area contributed by atoms with Gasteiger partial charge in [0.1, 0.15) is 17.0 Å². The molecule has 10 heteroatoms. The number of carboxylic acids is 1. The van der Waals surface area contributed by atoms with Crippen molar-refractivity contribution in [2.24, 2.45) is 0 Å². The van der Waals surface area contributed by atoms with E-state index in [0.717, 1.165) is 63.4 Å². The minimum atomic E-state index is -0.906. The third-order valence-corrected chi connectivity index (χ3v) is 9.05. The molecule has 0 bridgehead atoms. The smallest absolute Gasteiger partial charge is 0.335 e. The maximum absolute atomic E-state index is 13.0. The molecule has 1 N–H and O–H groups in total. The van der Waals surface area contributed by atoms with Crippen LogP contribution in [-0.4, -0.2) is 68.0 Å². The van der Waals surface area contributed by atoms with Crippen LogP contribution >= 0.6 is 11.3 Å². The number of nitrogens with zero attached hydrogens (tertiary/aromatic N) is 6. The van der Waals surface area contributed by atoms with Gasteiger partial charge in [-0.1, -0.05) is 31.2 Å². The van der Waals surface area contributed by atoms with Crippen molar-refractivity contribution < 1.29 is 14.7 Å². The number of thiophene rings is 1. The first-order chi connectivity index (χ1) is 22.5. The van der Waals surface area contributed by atoms with Crippen LogP contribution in [0.2, 0.25) is 0 Å². The zero-order valence-corrected chi connectivity index (χ0v) is 26.1. The minimum absolute atomic E-state index is 0.0811. The Balaban J connectivity index is 0.000000208. The average Bonchev–Trinajstić information content (AvgIpc) is 3.57. The fourth-order valence-electron chi connectivity index (χ4n) is 5.32. The van der Waals surface area contributed by atoms with E-state index in [1.54, 1.807) is 66.7 Å². The number of carboxylic acid groups (broad SMARTS) is 1. The van der Waals surface area contributed by atoms with Crippen LogP contribution in [0.1, 0.15) is 32.5 Å². The van der Waals surface area contributed by atoms with Crippen molar-refractivity contribution >= 4 is 39.2 Å². The molecule has 0 spiro atoms. The maximum atomic E-state index is 13.0. The highest BCUT2D eigenvalue weighted by Gasteiger charge is 2.24. The molecule has 0 unspecified atom stereocenters. The fraction of sp³-hybridized carbons (Fsp3) is 0.167. The lowest BCUT2D eigenvalue weighted by Gasteiger charge is -2.35. The van der Waals surface area contributed by atoms with Gasteiger partial charge in [0.05, 0.1) is 10.9 Å². The first-order valence-electron chi connectivity index (χ1n) is 15.0. The molecule has 1 amide bonds. The quantitative estimate of drug-likeness (QED) is 0.216. The summed E-state index contributed by atoms with van der Waals surface area (Å²) in [6.45, 7) is 5.06. The van der Waals surface area contributed by atoms with Crippen LogP contribution in [0.4, 0.5) is 5.82 Å². The second-order valence-corrected chi connectivity index (χ2v) is 11.8. The molecular weight excluding hydrogens is 597 g/mol. The predicted molar refractivity (Wildman–Crippen MR) is 181 cm³/mol. The summed E-state index contributed by atoms with van der Waals surface area (Å²) in [5, 5.41) is 9.86. The molecule has 0 radical (unpaired) electrons. The molecule has 230 valence electrons. The number of hydrogen-bond donors (Lipinski definition) is 1. The van der Waals surface area contributed by atoms with Gasteiger partial charge in [0.2, 0.25) is 0 Å². The number of aryl methyl sites for hydroxylation is 1. The number of aromatic carboxylic acids is 1. The van der Waals surface area contributed by atoms with Crippen LogP contribution in [0.15, 0.2) is 110 Å². The molecule has 4 aromatic heterocycles. The van der Waals surface area contributed by atoms with Crippen molar-refractivity contribution in [2.75, 3.05) is 31.1 Å². The van der Waals surface area contributed by atoms with Gasteiger partial charge < -0.3 is 14.9 Å². The summed E-state index contributed by atoms with van der Waals surface area (Å²) in [5.74, 6) is 0.156. The lowest BCUT2D eigenvalue weighted by Crippen LogP contribution is -2.49. The lowest BCUT2D eigenvalue weighted by molar-refractivity contribution is 0.0695. The van der Waals surface area contributed by atoms with Gasteiger partial charge in [-0.25, -0.2) is 14.8 Å². The highest BCUT2D eigenvalue weighted by atomic mass is 32.1. The summed E-state index contributed by atoms with van der Waals surface area (Å²) in [6, 6.07) is 24.5. The molecule has 46 heavy (non-hydrogen) atoms. The Hall–Kier alpha value is -5.48. The van der Waals surface area contributed by atoms with Crippen LogP contribution in [0, 0.1) is 0 Å². The SMILES string of the molecule is CCc1cc2c(N3CCN(C(=O)c4ccc(-c5ccncc5)cc4)CC3)ncnc2s1.O=C(O)c1ccc(-c2ccncc2)cc1. The molecule has 7 rings (SSSR count). The number of rotatable bonds is 6. The number of amides is 1. The Morgan fingerprint density at radius 2 is 1.24 bits per heavy atom. The van der Waals surface area contributed by atoms with Gasteiger partial charge in [0.15, 0.2) is 0 Å². The maximum Gasteiger partial charge on any atom is 0.335 e. The zero-order chi connectivity index (χ0) is 31.9. The molecule has 1 aliphatic rings. The van der Waals surface area contributed by atoms with E-state index in [-0.39, 0.29) is 5.91 Å². The van der Waals surface area contributed by atoms with Crippen LogP contribution < -0.4 is 4.90 Å². The van der Waals surface area contributed by atoms with E-state index in [2.05, 4.69) is 37.8 Å². The third-order valence-electron chi connectivity index (χ3n) is 7.87. The molecule has 0 aliphatic carbocycles. The Kier molecular flexibility index (Phi) is 9.35. The highest BCUT2D eigenvalue weighted by molar-refractivity contribution is 7.18. The number of carbonyl (C=O) groups is 2. The normalized spacial score (nSPS) is 12.8. The number of benzene rings is 2. The van der Waals surface area contributed by atoms with Gasteiger partial charge >= 0.3 is 5.97 Å². The van der Waals surface area contributed by atoms with Gasteiger partial charge in [0.25, 0.3) is 5.91 Å². The van der Waals surface area contributed by atoms with Crippen molar-refractivity contribution in [2.45, 2.75) is 13.3 Å². The van der Waals surface area contributed by atoms with Crippen molar-refractivity contribution in [3.8, 4) is 22.3 Å². The molecule has 5 heterocycles. The fourth-order valence-corrected chi connectivity index (χ4v) is 6.25. The van der Waals surface area contributed by atoms with Crippen LogP contribution in [-0.2, 0) is 6.42 Å².